The molecule has 158 valence electrons. The summed E-state index contributed by atoms with van der Waals surface area (Å²) in [6.07, 6.45) is 0. The zero-order valence-corrected chi connectivity index (χ0v) is 16.8. The lowest BCUT2D eigenvalue weighted by molar-refractivity contribution is 0.0534. The van der Waals surface area contributed by atoms with E-state index in [4.69, 9.17) is 33.2 Å². The van der Waals surface area contributed by atoms with Crippen LogP contribution in [0.3, 0.4) is 0 Å². The van der Waals surface area contributed by atoms with Crippen molar-refractivity contribution in [2.24, 2.45) is 0 Å². The quantitative estimate of drug-likeness (QED) is 0.589. The number of fused-ring (bicyclic) bond motifs is 4. The van der Waals surface area contributed by atoms with Crippen molar-refractivity contribution in [1.82, 2.24) is 4.98 Å². The zero-order chi connectivity index (χ0) is 21.1. The van der Waals surface area contributed by atoms with E-state index in [0.717, 1.165) is 0 Å². The van der Waals surface area contributed by atoms with Crippen LogP contribution in [-0.2, 0) is 11.3 Å². The lowest BCUT2D eigenvalue weighted by Gasteiger charge is -2.21. The largest absolute Gasteiger partial charge is 0.492 e. The van der Waals surface area contributed by atoms with Crippen LogP contribution in [0.5, 0.6) is 34.5 Å². The van der Waals surface area contributed by atoms with Crippen LogP contribution < -0.4 is 28.4 Å². The summed E-state index contributed by atoms with van der Waals surface area (Å²) in [4.78, 5) is 17.4. The third-order valence-corrected chi connectivity index (χ3v) is 5.52. The van der Waals surface area contributed by atoms with Crippen LogP contribution in [0.25, 0.3) is 22.0 Å². The molecule has 0 atom stereocenters. The Morgan fingerprint density at radius 2 is 1.61 bits per heavy atom. The second-order valence-electron chi connectivity index (χ2n) is 7.12. The van der Waals surface area contributed by atoms with Crippen molar-refractivity contribution in [3.8, 4) is 45.6 Å². The number of methoxy groups -OCH3 is 2. The van der Waals surface area contributed by atoms with Gasteiger partial charge in [-0.2, -0.15) is 0 Å². The molecule has 9 heteroatoms. The third kappa shape index (κ3) is 2.49. The van der Waals surface area contributed by atoms with Gasteiger partial charge in [0.15, 0.2) is 23.0 Å². The highest BCUT2D eigenvalue weighted by molar-refractivity contribution is 6.11. The molecule has 1 aromatic heterocycles. The van der Waals surface area contributed by atoms with Crippen LogP contribution in [0.1, 0.15) is 16.1 Å². The van der Waals surface area contributed by atoms with Crippen LogP contribution in [-0.4, -0.2) is 45.2 Å². The van der Waals surface area contributed by atoms with Gasteiger partial charge in [-0.3, -0.25) is 0 Å². The molecule has 3 aliphatic rings. The Hall–Kier alpha value is -3.88. The second-order valence-corrected chi connectivity index (χ2v) is 7.12. The van der Waals surface area contributed by atoms with Crippen LogP contribution >= 0.6 is 0 Å². The Balaban J connectivity index is 1.74. The first-order valence-electron chi connectivity index (χ1n) is 9.68. The van der Waals surface area contributed by atoms with Gasteiger partial charge < -0.3 is 33.2 Å². The normalized spacial score (nSPS) is 15.6. The molecule has 9 nitrogen and oxygen atoms in total. The molecule has 0 saturated carbocycles. The number of cyclic esters (lactones) is 1. The molecule has 0 spiro atoms. The van der Waals surface area contributed by atoms with Gasteiger partial charge in [-0.05, 0) is 12.1 Å². The maximum Gasteiger partial charge on any atom is 0.341 e. The number of hydrogen-bond acceptors (Lipinski definition) is 9. The van der Waals surface area contributed by atoms with E-state index in [-0.39, 0.29) is 13.4 Å². The monoisotopic (exact) mass is 423 g/mol. The van der Waals surface area contributed by atoms with E-state index in [1.54, 1.807) is 6.07 Å². The summed E-state index contributed by atoms with van der Waals surface area (Å²) in [5.74, 6) is 2.49. The summed E-state index contributed by atoms with van der Waals surface area (Å²) in [7, 11) is 3.05. The SMILES string of the molecule is COc1c(-c2c3c(nc4cc5c(cc24)OCCO5)COC3=O)cc2c(c1OC)OCO2. The number of rotatable bonds is 3. The first kappa shape index (κ1) is 17.9. The van der Waals surface area contributed by atoms with E-state index < -0.39 is 5.97 Å². The molecule has 0 N–H and O–H groups in total. The minimum atomic E-state index is -0.451. The number of nitrogens with zero attached hydrogens (tertiary/aromatic N) is 1. The average molecular weight is 423 g/mol. The molecule has 3 aromatic rings. The molecule has 0 radical (unpaired) electrons. The fourth-order valence-corrected chi connectivity index (χ4v) is 4.23. The minimum Gasteiger partial charge on any atom is -0.492 e. The standard InChI is InChI=1S/C22H17NO8/c1-25-19-11(6-16-20(21(19)26-2)31-9-30-16)17-10-5-14-15(28-4-3-27-14)7-12(10)23-13-8-29-22(24)18(13)17/h5-7H,3-4,8-9H2,1-2H3. The highest BCUT2D eigenvalue weighted by atomic mass is 16.7. The lowest BCUT2D eigenvalue weighted by atomic mass is 9.93. The number of hydrogen-bond donors (Lipinski definition) is 0. The van der Waals surface area contributed by atoms with Crippen molar-refractivity contribution in [3.05, 3.63) is 29.5 Å². The molecule has 0 unspecified atom stereocenters. The number of ether oxygens (including phenoxy) is 7. The van der Waals surface area contributed by atoms with Crippen LogP contribution in [0.2, 0.25) is 0 Å². The Bertz CT molecular complexity index is 1270. The molecule has 0 saturated heterocycles. The molecular weight excluding hydrogens is 406 g/mol. The number of aromatic nitrogens is 1. The van der Waals surface area contributed by atoms with E-state index in [1.165, 1.54) is 14.2 Å². The fourth-order valence-electron chi connectivity index (χ4n) is 4.23. The van der Waals surface area contributed by atoms with E-state index in [1.807, 2.05) is 12.1 Å². The third-order valence-electron chi connectivity index (χ3n) is 5.52. The van der Waals surface area contributed by atoms with Crippen molar-refractivity contribution in [2.75, 3.05) is 34.2 Å². The molecule has 31 heavy (non-hydrogen) atoms. The van der Waals surface area contributed by atoms with Crippen LogP contribution in [0.4, 0.5) is 0 Å². The van der Waals surface area contributed by atoms with Gasteiger partial charge in [0, 0.05) is 22.6 Å². The van der Waals surface area contributed by atoms with Gasteiger partial charge in [0.1, 0.15) is 19.8 Å². The van der Waals surface area contributed by atoms with Crippen LogP contribution in [0.15, 0.2) is 18.2 Å². The van der Waals surface area contributed by atoms with Gasteiger partial charge in [-0.1, -0.05) is 0 Å². The predicted molar refractivity (Wildman–Crippen MR) is 107 cm³/mol. The van der Waals surface area contributed by atoms with Gasteiger partial charge in [-0.25, -0.2) is 9.78 Å². The molecule has 6 rings (SSSR count). The summed E-state index contributed by atoms with van der Waals surface area (Å²) in [5, 5.41) is 0.695. The second kappa shape index (κ2) is 6.56. The van der Waals surface area contributed by atoms with Gasteiger partial charge in [0.25, 0.3) is 0 Å². The highest BCUT2D eigenvalue weighted by Gasteiger charge is 2.34. The highest BCUT2D eigenvalue weighted by Crippen LogP contribution is 2.54. The van der Waals surface area contributed by atoms with Crippen molar-refractivity contribution in [3.63, 3.8) is 0 Å². The summed E-state index contributed by atoms with van der Waals surface area (Å²) in [6.45, 7) is 1.06. The first-order chi connectivity index (χ1) is 15.2. The van der Waals surface area contributed by atoms with E-state index in [9.17, 15) is 4.79 Å². The Kier molecular flexibility index (Phi) is 3.80. The number of esters is 1. The first-order valence-corrected chi connectivity index (χ1v) is 9.68. The minimum absolute atomic E-state index is 0.0637. The zero-order valence-electron chi connectivity index (χ0n) is 16.8. The number of pyridine rings is 1. The summed E-state index contributed by atoms with van der Waals surface area (Å²) in [6, 6.07) is 5.42. The summed E-state index contributed by atoms with van der Waals surface area (Å²) >= 11 is 0. The van der Waals surface area contributed by atoms with Crippen molar-refractivity contribution in [1.29, 1.82) is 0 Å². The van der Waals surface area contributed by atoms with E-state index in [2.05, 4.69) is 4.98 Å². The summed E-state index contributed by atoms with van der Waals surface area (Å²) < 4.78 is 39.3. The molecule has 0 amide bonds. The maximum atomic E-state index is 12.7. The number of benzene rings is 2. The molecule has 2 aromatic carbocycles. The number of carbonyl (C=O) groups is 1. The van der Waals surface area contributed by atoms with Gasteiger partial charge in [-0.15, -0.1) is 0 Å². The Morgan fingerprint density at radius 1 is 0.839 bits per heavy atom. The Labute approximate surface area is 176 Å². The van der Waals surface area contributed by atoms with Gasteiger partial charge in [0.05, 0.1) is 31.0 Å². The Morgan fingerprint density at radius 3 is 2.39 bits per heavy atom. The van der Waals surface area contributed by atoms with Gasteiger partial charge >= 0.3 is 5.97 Å². The van der Waals surface area contributed by atoms with Gasteiger partial charge in [0.2, 0.25) is 18.3 Å². The smallest absolute Gasteiger partial charge is 0.341 e. The molecule has 0 fully saturated rings. The predicted octanol–water partition coefficient (Wildman–Crippen LogP) is 3.09. The van der Waals surface area contributed by atoms with Crippen molar-refractivity contribution >= 4 is 16.9 Å². The van der Waals surface area contributed by atoms with Crippen molar-refractivity contribution < 1.29 is 38.0 Å². The summed E-state index contributed by atoms with van der Waals surface area (Å²) in [5.41, 5.74) is 2.77. The molecule has 4 heterocycles. The molecule has 3 aliphatic heterocycles. The fraction of sp³-hybridized carbons (Fsp3) is 0.273. The molecule has 0 bridgehead atoms. The van der Waals surface area contributed by atoms with E-state index >= 15 is 0 Å². The lowest BCUT2D eigenvalue weighted by Crippen LogP contribution is -2.15. The molecule has 0 aliphatic carbocycles. The number of carbonyl (C=O) groups excluding carboxylic acids is 1. The van der Waals surface area contributed by atoms with E-state index in [0.29, 0.717) is 81.0 Å². The molecular formula is C22H17NO8. The topological polar surface area (TPSA) is 94.6 Å². The average Bonchev–Trinajstić information content (AvgIpc) is 3.41. The van der Waals surface area contributed by atoms with Crippen LogP contribution in [0, 0.1) is 0 Å². The maximum absolute atomic E-state index is 12.7. The van der Waals surface area contributed by atoms with Crippen molar-refractivity contribution in [2.45, 2.75) is 6.61 Å².